The first-order valence-electron chi connectivity index (χ1n) is 3.94. The third-order valence-electron chi connectivity index (χ3n) is 1.73. The van der Waals surface area contributed by atoms with Crippen molar-refractivity contribution in [2.45, 2.75) is 11.8 Å². The number of halogens is 2. The van der Waals surface area contributed by atoms with Crippen LogP contribution in [0.3, 0.4) is 0 Å². The van der Waals surface area contributed by atoms with Crippen LogP contribution < -0.4 is 0 Å². The van der Waals surface area contributed by atoms with E-state index in [2.05, 4.69) is 31.9 Å². The van der Waals surface area contributed by atoms with E-state index < -0.39 is 0 Å². The van der Waals surface area contributed by atoms with Crippen LogP contribution in [0.25, 0.3) is 0 Å². The van der Waals surface area contributed by atoms with Crippen LogP contribution in [0.15, 0.2) is 22.7 Å². The largest absolute Gasteiger partial charge is 0.293 e. The van der Waals surface area contributed by atoms with Crippen molar-refractivity contribution >= 4 is 37.6 Å². The molecule has 0 bridgehead atoms. The van der Waals surface area contributed by atoms with Gasteiger partial charge in [0.1, 0.15) is 6.07 Å². The second kappa shape index (κ2) is 4.72. The van der Waals surface area contributed by atoms with E-state index in [9.17, 15) is 4.79 Å². The number of hydrogen-bond donors (Lipinski definition) is 0. The normalized spacial score (nSPS) is 11.9. The lowest BCUT2D eigenvalue weighted by Crippen LogP contribution is -2.09. The Hall–Kier alpha value is -0.660. The van der Waals surface area contributed by atoms with Crippen molar-refractivity contribution in [3.05, 3.63) is 33.8 Å². The minimum absolute atomic E-state index is 0.0194. The second-order valence-corrected chi connectivity index (χ2v) is 5.01. The van der Waals surface area contributed by atoms with Crippen LogP contribution in [0, 0.1) is 11.3 Å². The predicted octanol–water partition coefficient (Wildman–Crippen LogP) is 3.29. The van der Waals surface area contributed by atoms with Crippen molar-refractivity contribution in [1.29, 1.82) is 5.26 Å². The highest BCUT2D eigenvalue weighted by Gasteiger charge is 2.13. The van der Waals surface area contributed by atoms with Gasteiger partial charge in [0.05, 0.1) is 10.4 Å². The first-order valence-corrected chi connectivity index (χ1v) is 5.65. The third-order valence-corrected chi connectivity index (χ3v) is 2.84. The zero-order chi connectivity index (χ0) is 10.7. The molecule has 0 fully saturated rings. The van der Waals surface area contributed by atoms with Gasteiger partial charge in [-0.15, -0.1) is 0 Å². The van der Waals surface area contributed by atoms with E-state index in [1.807, 2.05) is 6.07 Å². The summed E-state index contributed by atoms with van der Waals surface area (Å²) in [5.74, 6) is -0.0194. The summed E-state index contributed by atoms with van der Waals surface area (Å²) < 4.78 is 0.707. The van der Waals surface area contributed by atoms with E-state index in [4.69, 9.17) is 5.26 Å². The van der Waals surface area contributed by atoms with Gasteiger partial charge in [0.2, 0.25) is 0 Å². The summed E-state index contributed by atoms with van der Waals surface area (Å²) >= 11 is 6.43. The van der Waals surface area contributed by atoms with E-state index in [1.165, 1.54) is 0 Å². The molecule has 2 nitrogen and oxygen atoms in total. The lowest BCUT2D eigenvalue weighted by Gasteiger charge is -2.03. The first kappa shape index (κ1) is 11.4. The average molecular weight is 317 g/mol. The van der Waals surface area contributed by atoms with Crippen LogP contribution in [-0.2, 0) is 0 Å². The molecule has 0 N–H and O–H groups in total. The molecular weight excluding hydrogens is 310 g/mol. The zero-order valence-corrected chi connectivity index (χ0v) is 10.6. The van der Waals surface area contributed by atoms with Gasteiger partial charge in [-0.3, -0.25) is 4.79 Å². The average Bonchev–Trinajstić information content (AvgIpc) is 2.17. The van der Waals surface area contributed by atoms with Gasteiger partial charge in [0, 0.05) is 10.0 Å². The van der Waals surface area contributed by atoms with E-state index in [0.717, 1.165) is 0 Å². The Kier molecular flexibility index (Phi) is 3.85. The molecule has 1 aromatic carbocycles. The number of ketones is 1. The summed E-state index contributed by atoms with van der Waals surface area (Å²) in [6.45, 7) is 1.76. The molecular formula is C10H7Br2NO. The standard InChI is InChI=1S/C10H7Br2NO/c1-6(11)10(14)7-2-3-9(12)8(4-7)5-13/h2-4,6H,1H3. The van der Waals surface area contributed by atoms with E-state index in [1.54, 1.807) is 25.1 Å². The molecule has 1 atom stereocenters. The molecule has 4 heteroatoms. The summed E-state index contributed by atoms with van der Waals surface area (Å²) in [5.41, 5.74) is 1.03. The monoisotopic (exact) mass is 315 g/mol. The lowest BCUT2D eigenvalue weighted by atomic mass is 10.1. The van der Waals surface area contributed by atoms with Gasteiger partial charge in [-0.05, 0) is 35.0 Å². The third kappa shape index (κ3) is 2.43. The Bertz CT molecular complexity index is 407. The van der Waals surface area contributed by atoms with Crippen LogP contribution in [0.5, 0.6) is 0 Å². The summed E-state index contributed by atoms with van der Waals surface area (Å²) in [6.07, 6.45) is 0. The van der Waals surface area contributed by atoms with Crippen molar-refractivity contribution in [2.75, 3.05) is 0 Å². The van der Waals surface area contributed by atoms with Crippen molar-refractivity contribution in [3.8, 4) is 6.07 Å². The predicted molar refractivity (Wildman–Crippen MR) is 61.6 cm³/mol. The highest BCUT2D eigenvalue weighted by molar-refractivity contribution is 9.10. The van der Waals surface area contributed by atoms with Crippen LogP contribution in [0.2, 0.25) is 0 Å². The smallest absolute Gasteiger partial charge is 0.176 e. The molecule has 0 aliphatic heterocycles. The van der Waals surface area contributed by atoms with Gasteiger partial charge in [-0.25, -0.2) is 0 Å². The molecule has 1 rings (SSSR count). The van der Waals surface area contributed by atoms with Crippen molar-refractivity contribution < 1.29 is 4.79 Å². The number of hydrogen-bond acceptors (Lipinski definition) is 2. The SMILES string of the molecule is CC(Br)C(=O)c1ccc(Br)c(C#N)c1. The summed E-state index contributed by atoms with van der Waals surface area (Å²) in [5, 5.41) is 8.76. The fourth-order valence-corrected chi connectivity index (χ4v) is 1.59. The quantitative estimate of drug-likeness (QED) is 0.620. The maximum Gasteiger partial charge on any atom is 0.176 e. The Morgan fingerprint density at radius 3 is 2.71 bits per heavy atom. The first-order chi connectivity index (χ1) is 6.56. The Morgan fingerprint density at radius 1 is 1.57 bits per heavy atom. The number of benzene rings is 1. The molecule has 0 spiro atoms. The second-order valence-electron chi connectivity index (χ2n) is 2.79. The van der Waals surface area contributed by atoms with Crippen LogP contribution in [0.4, 0.5) is 0 Å². The van der Waals surface area contributed by atoms with Crippen molar-refractivity contribution in [3.63, 3.8) is 0 Å². The number of alkyl halides is 1. The summed E-state index contributed by atoms with van der Waals surface area (Å²) in [4.78, 5) is 11.3. The maximum atomic E-state index is 11.6. The van der Waals surface area contributed by atoms with Gasteiger partial charge in [0.15, 0.2) is 5.78 Å². The fourth-order valence-electron chi connectivity index (χ4n) is 0.994. The molecule has 0 saturated carbocycles. The molecule has 0 saturated heterocycles. The summed E-state index contributed by atoms with van der Waals surface area (Å²) in [6, 6.07) is 7.01. The molecule has 14 heavy (non-hydrogen) atoms. The van der Waals surface area contributed by atoms with E-state index in [-0.39, 0.29) is 10.6 Å². The summed E-state index contributed by atoms with van der Waals surface area (Å²) in [7, 11) is 0. The van der Waals surface area contributed by atoms with Crippen molar-refractivity contribution in [2.24, 2.45) is 0 Å². The minimum Gasteiger partial charge on any atom is -0.293 e. The molecule has 0 amide bonds. The lowest BCUT2D eigenvalue weighted by molar-refractivity contribution is 0.0996. The fraction of sp³-hybridized carbons (Fsp3) is 0.200. The van der Waals surface area contributed by atoms with Gasteiger partial charge in [0.25, 0.3) is 0 Å². The number of nitrogens with zero attached hydrogens (tertiary/aromatic N) is 1. The molecule has 1 aromatic rings. The molecule has 0 aromatic heterocycles. The molecule has 0 heterocycles. The number of carbonyl (C=O) groups excluding carboxylic acids is 1. The van der Waals surface area contributed by atoms with Crippen LogP contribution in [0.1, 0.15) is 22.8 Å². The zero-order valence-electron chi connectivity index (χ0n) is 7.42. The van der Waals surface area contributed by atoms with Crippen LogP contribution >= 0.6 is 31.9 Å². The van der Waals surface area contributed by atoms with Gasteiger partial charge in [-0.2, -0.15) is 5.26 Å². The van der Waals surface area contributed by atoms with E-state index >= 15 is 0 Å². The van der Waals surface area contributed by atoms with Crippen molar-refractivity contribution in [1.82, 2.24) is 0 Å². The Labute approximate surface area is 99.2 Å². The molecule has 0 aliphatic rings. The van der Waals surface area contributed by atoms with Gasteiger partial charge >= 0.3 is 0 Å². The Morgan fingerprint density at radius 2 is 2.21 bits per heavy atom. The molecule has 1 unspecified atom stereocenters. The van der Waals surface area contributed by atoms with Crippen LogP contribution in [-0.4, -0.2) is 10.6 Å². The molecule has 0 aliphatic carbocycles. The van der Waals surface area contributed by atoms with E-state index in [0.29, 0.717) is 15.6 Å². The molecule has 0 radical (unpaired) electrons. The molecule has 72 valence electrons. The van der Waals surface area contributed by atoms with Gasteiger partial charge < -0.3 is 0 Å². The topological polar surface area (TPSA) is 40.9 Å². The highest BCUT2D eigenvalue weighted by atomic mass is 79.9. The maximum absolute atomic E-state index is 11.6. The number of Topliss-reactive ketones (excluding diaryl/α,β-unsaturated/α-hetero) is 1. The highest BCUT2D eigenvalue weighted by Crippen LogP contribution is 2.19. The van der Waals surface area contributed by atoms with Gasteiger partial charge in [-0.1, -0.05) is 22.0 Å². The number of nitriles is 1. The number of rotatable bonds is 2. The Balaban J connectivity index is 3.15. The minimum atomic E-state index is -0.227. The number of carbonyl (C=O) groups is 1.